The van der Waals surface area contributed by atoms with Crippen LogP contribution < -0.4 is 15.8 Å². The lowest BCUT2D eigenvalue weighted by Gasteiger charge is -2.12. The minimum Gasteiger partial charge on any atom is -0.492 e. The number of aromatic nitrogens is 2. The maximum absolute atomic E-state index is 12.2. The van der Waals surface area contributed by atoms with Gasteiger partial charge >= 0.3 is 0 Å². The normalized spacial score (nSPS) is 13.7. The van der Waals surface area contributed by atoms with Crippen molar-refractivity contribution in [2.75, 3.05) is 18.2 Å². The van der Waals surface area contributed by atoms with Gasteiger partial charge in [-0.05, 0) is 60.7 Å². The van der Waals surface area contributed by atoms with Gasteiger partial charge in [-0.2, -0.15) is 0 Å². The number of amides is 1. The van der Waals surface area contributed by atoms with Gasteiger partial charge in [0.05, 0.1) is 18.3 Å². The summed E-state index contributed by atoms with van der Waals surface area (Å²) in [6, 6.07) is 11.9. The molecule has 1 saturated carbocycles. The van der Waals surface area contributed by atoms with E-state index in [1.54, 1.807) is 7.11 Å². The predicted octanol–water partition coefficient (Wildman–Crippen LogP) is 4.63. The molecular weight excluding hydrogens is 364 g/mol. The van der Waals surface area contributed by atoms with E-state index in [0.29, 0.717) is 11.4 Å². The lowest BCUT2D eigenvalue weighted by molar-refractivity contribution is -0.117. The molecule has 6 nitrogen and oxygen atoms in total. The molecule has 0 radical (unpaired) electrons. The van der Waals surface area contributed by atoms with E-state index in [1.807, 2.05) is 43.5 Å². The van der Waals surface area contributed by atoms with E-state index in [2.05, 4.69) is 21.4 Å². The van der Waals surface area contributed by atoms with Gasteiger partial charge in [-0.3, -0.25) is 4.79 Å². The van der Waals surface area contributed by atoms with E-state index in [9.17, 15) is 4.79 Å². The fourth-order valence-corrected chi connectivity index (χ4v) is 3.86. The number of pyridine rings is 1. The van der Waals surface area contributed by atoms with Gasteiger partial charge in [0, 0.05) is 28.6 Å². The van der Waals surface area contributed by atoms with E-state index in [4.69, 9.17) is 10.5 Å². The Balaban J connectivity index is 1.73. The Morgan fingerprint density at radius 2 is 2.10 bits per heavy atom. The summed E-state index contributed by atoms with van der Waals surface area (Å²) in [5.74, 6) is 0.857. The molecule has 0 atom stereocenters. The lowest BCUT2D eigenvalue weighted by Crippen LogP contribution is -2.13. The molecule has 0 aliphatic heterocycles. The monoisotopic (exact) mass is 386 g/mol. The van der Waals surface area contributed by atoms with E-state index >= 15 is 0 Å². The number of fused-ring (bicyclic) bond motifs is 3. The number of aryl methyl sites for hydroxylation is 1. The zero-order valence-corrected chi connectivity index (χ0v) is 16.4. The number of nitrogen functional groups attached to an aromatic ring is 1. The summed E-state index contributed by atoms with van der Waals surface area (Å²) in [6.07, 6.45) is 3.78. The molecule has 0 spiro atoms. The first-order valence-corrected chi connectivity index (χ1v) is 9.71. The van der Waals surface area contributed by atoms with Gasteiger partial charge in [0.1, 0.15) is 5.65 Å². The number of hydrogen-bond donors (Lipinski definition) is 3. The van der Waals surface area contributed by atoms with E-state index in [-0.39, 0.29) is 11.8 Å². The maximum Gasteiger partial charge on any atom is 0.227 e. The van der Waals surface area contributed by atoms with Gasteiger partial charge in [0.2, 0.25) is 5.91 Å². The first-order chi connectivity index (χ1) is 14.0. The summed E-state index contributed by atoms with van der Waals surface area (Å²) in [7, 11) is 1.61. The standard InChI is InChI=1S/C23H22N4O2/c1-12-8-17-19-16(10-18(24)21(29-2)20(19)27-22(17)25-11-12)14-4-3-5-15(9-14)26-23(28)13-6-7-13/h3-5,8-11,13H,6-7,24H2,1-2H3,(H,25,27)(H,26,28). The van der Waals surface area contributed by atoms with Gasteiger partial charge in [-0.25, -0.2) is 4.98 Å². The minimum absolute atomic E-state index is 0.0912. The average molecular weight is 386 g/mol. The fourth-order valence-electron chi connectivity index (χ4n) is 3.86. The smallest absolute Gasteiger partial charge is 0.227 e. The molecule has 146 valence electrons. The molecule has 5 rings (SSSR count). The molecule has 29 heavy (non-hydrogen) atoms. The largest absolute Gasteiger partial charge is 0.492 e. The highest BCUT2D eigenvalue weighted by atomic mass is 16.5. The molecule has 1 fully saturated rings. The quantitative estimate of drug-likeness (QED) is 0.446. The van der Waals surface area contributed by atoms with Gasteiger partial charge in [0.25, 0.3) is 0 Å². The van der Waals surface area contributed by atoms with Crippen LogP contribution in [0.1, 0.15) is 18.4 Å². The summed E-state index contributed by atoms with van der Waals surface area (Å²) in [5.41, 5.74) is 12.3. The SMILES string of the molecule is COc1c(N)cc(-c2cccc(NC(=O)C3CC3)c2)c2c1[nH]c1ncc(C)cc12. The molecule has 4 N–H and O–H groups in total. The number of rotatable bonds is 4. The van der Waals surface area contributed by atoms with Crippen LogP contribution >= 0.6 is 0 Å². The molecule has 2 aromatic heterocycles. The van der Waals surface area contributed by atoms with Crippen molar-refractivity contribution < 1.29 is 9.53 Å². The van der Waals surface area contributed by atoms with Crippen LogP contribution in [-0.4, -0.2) is 23.0 Å². The highest BCUT2D eigenvalue weighted by Gasteiger charge is 2.29. The number of methoxy groups -OCH3 is 1. The number of anilines is 2. The fraction of sp³-hybridized carbons (Fsp3) is 0.217. The second-order valence-corrected chi connectivity index (χ2v) is 7.67. The van der Waals surface area contributed by atoms with Crippen molar-refractivity contribution in [3.8, 4) is 16.9 Å². The highest BCUT2D eigenvalue weighted by molar-refractivity contribution is 6.17. The molecule has 0 unspecified atom stereocenters. The third-order valence-electron chi connectivity index (χ3n) is 5.44. The maximum atomic E-state index is 12.2. The molecule has 2 heterocycles. The third kappa shape index (κ3) is 2.97. The number of aromatic amines is 1. The Morgan fingerprint density at radius 1 is 1.28 bits per heavy atom. The molecule has 1 aliphatic rings. The van der Waals surface area contributed by atoms with Crippen molar-refractivity contribution in [1.82, 2.24) is 9.97 Å². The van der Waals surface area contributed by atoms with Crippen molar-refractivity contribution in [2.24, 2.45) is 5.92 Å². The number of carbonyl (C=O) groups is 1. The Morgan fingerprint density at radius 3 is 2.86 bits per heavy atom. The van der Waals surface area contributed by atoms with Gasteiger partial charge in [-0.1, -0.05) is 12.1 Å². The van der Waals surface area contributed by atoms with E-state index in [0.717, 1.165) is 57.2 Å². The minimum atomic E-state index is 0.0912. The number of carbonyl (C=O) groups excluding carboxylic acids is 1. The highest BCUT2D eigenvalue weighted by Crippen LogP contribution is 2.43. The zero-order valence-electron chi connectivity index (χ0n) is 16.4. The van der Waals surface area contributed by atoms with Crippen LogP contribution in [0.25, 0.3) is 33.1 Å². The van der Waals surface area contributed by atoms with Crippen LogP contribution in [0.2, 0.25) is 0 Å². The van der Waals surface area contributed by atoms with Crippen molar-refractivity contribution in [3.05, 3.63) is 48.2 Å². The average Bonchev–Trinajstić information content (AvgIpc) is 3.49. The second-order valence-electron chi connectivity index (χ2n) is 7.67. The van der Waals surface area contributed by atoms with Crippen molar-refractivity contribution in [1.29, 1.82) is 0 Å². The lowest BCUT2D eigenvalue weighted by atomic mass is 9.97. The molecule has 0 bridgehead atoms. The van der Waals surface area contributed by atoms with Crippen LogP contribution in [0.5, 0.6) is 5.75 Å². The Kier molecular flexibility index (Phi) is 3.94. The molecule has 1 amide bonds. The number of nitrogens with one attached hydrogen (secondary N) is 2. The van der Waals surface area contributed by atoms with Gasteiger partial charge in [-0.15, -0.1) is 0 Å². The first-order valence-electron chi connectivity index (χ1n) is 9.71. The first kappa shape index (κ1) is 17.6. The summed E-state index contributed by atoms with van der Waals surface area (Å²) in [4.78, 5) is 20.1. The summed E-state index contributed by atoms with van der Waals surface area (Å²) in [6.45, 7) is 2.02. The van der Waals surface area contributed by atoms with Gasteiger partial charge < -0.3 is 20.8 Å². The number of nitrogens with zero attached hydrogens (tertiary/aromatic N) is 1. The number of H-pyrrole nitrogens is 1. The topological polar surface area (TPSA) is 93.0 Å². The van der Waals surface area contributed by atoms with E-state index < -0.39 is 0 Å². The zero-order chi connectivity index (χ0) is 20.1. The molecule has 6 heteroatoms. The third-order valence-corrected chi connectivity index (χ3v) is 5.44. The Hall–Kier alpha value is -3.54. The van der Waals surface area contributed by atoms with Crippen LogP contribution in [0, 0.1) is 12.8 Å². The van der Waals surface area contributed by atoms with Crippen molar-refractivity contribution in [2.45, 2.75) is 19.8 Å². The van der Waals surface area contributed by atoms with Crippen molar-refractivity contribution >= 4 is 39.2 Å². The van der Waals surface area contributed by atoms with Crippen LogP contribution in [0.3, 0.4) is 0 Å². The number of hydrogen-bond acceptors (Lipinski definition) is 4. The Labute approximate surface area is 168 Å². The van der Waals surface area contributed by atoms with Crippen LogP contribution in [0.15, 0.2) is 42.6 Å². The van der Waals surface area contributed by atoms with Crippen LogP contribution in [0.4, 0.5) is 11.4 Å². The number of ether oxygens (including phenoxy) is 1. The molecule has 0 saturated heterocycles. The van der Waals surface area contributed by atoms with Crippen LogP contribution in [-0.2, 0) is 4.79 Å². The predicted molar refractivity (Wildman–Crippen MR) is 116 cm³/mol. The molecule has 4 aromatic rings. The molecular formula is C23H22N4O2. The summed E-state index contributed by atoms with van der Waals surface area (Å²) in [5, 5.41) is 5.05. The molecule has 1 aliphatic carbocycles. The summed E-state index contributed by atoms with van der Waals surface area (Å²) >= 11 is 0. The number of benzene rings is 2. The summed E-state index contributed by atoms with van der Waals surface area (Å²) < 4.78 is 5.58. The van der Waals surface area contributed by atoms with Gasteiger partial charge in [0.15, 0.2) is 5.75 Å². The number of nitrogens with two attached hydrogens (primary N) is 1. The second kappa shape index (κ2) is 6.51. The van der Waals surface area contributed by atoms with E-state index in [1.165, 1.54) is 0 Å². The Bertz CT molecular complexity index is 1270. The molecule has 2 aromatic carbocycles. The van der Waals surface area contributed by atoms with Crippen molar-refractivity contribution in [3.63, 3.8) is 0 Å².